The van der Waals surface area contributed by atoms with E-state index in [0.717, 1.165) is 11.4 Å². The van der Waals surface area contributed by atoms with E-state index in [1.54, 1.807) is 54.6 Å². The number of imide groups is 1. The minimum atomic E-state index is -0.477. The van der Waals surface area contributed by atoms with Crippen LogP contribution in [-0.2, 0) is 0 Å². The topological polar surface area (TPSA) is 40.6 Å². The predicted octanol–water partition coefficient (Wildman–Crippen LogP) is 8.95. The first-order chi connectivity index (χ1) is 18.5. The number of hydrogen-bond acceptors (Lipinski definition) is 3. The van der Waals surface area contributed by atoms with E-state index in [9.17, 15) is 9.59 Å². The molecule has 5 aromatic rings. The van der Waals surface area contributed by atoms with Gasteiger partial charge in [0, 0.05) is 32.5 Å². The number of para-hydroxylation sites is 4. The Labute approximate surface area is 231 Å². The number of carbonyl (C=O) groups excluding carboxylic acids is 2. The Morgan fingerprint density at radius 2 is 0.816 bits per heavy atom. The van der Waals surface area contributed by atoms with Crippen molar-refractivity contribution in [1.29, 1.82) is 0 Å². The maximum Gasteiger partial charge on any atom is 0.265 e. The van der Waals surface area contributed by atoms with E-state index in [2.05, 4.69) is 0 Å². The van der Waals surface area contributed by atoms with Crippen molar-refractivity contribution in [2.24, 2.45) is 0 Å². The van der Waals surface area contributed by atoms with E-state index in [-0.39, 0.29) is 0 Å². The highest BCUT2D eigenvalue weighted by molar-refractivity contribution is 6.32. The molecule has 0 saturated heterocycles. The van der Waals surface area contributed by atoms with Gasteiger partial charge in [-0.15, -0.1) is 0 Å². The second-order valence-electron chi connectivity index (χ2n) is 8.45. The summed E-state index contributed by atoms with van der Waals surface area (Å²) in [7, 11) is 0. The van der Waals surface area contributed by atoms with Crippen LogP contribution in [0, 0.1) is 0 Å². The zero-order chi connectivity index (χ0) is 26.5. The summed E-state index contributed by atoms with van der Waals surface area (Å²) in [6.45, 7) is 0. The Morgan fingerprint density at radius 1 is 0.447 bits per heavy atom. The summed E-state index contributed by atoms with van der Waals surface area (Å²) >= 11 is 12.2. The molecule has 0 atom stereocenters. The Morgan fingerprint density at radius 3 is 1.24 bits per heavy atom. The Balaban J connectivity index is 1.71. The van der Waals surface area contributed by atoms with Gasteiger partial charge in [0.25, 0.3) is 11.8 Å². The number of halogens is 2. The smallest absolute Gasteiger partial charge is 0.265 e. The Hall–Kier alpha value is -4.38. The SMILES string of the molecule is O=C(c1ccc(Cl)cc1)N(C(=O)c1ccc(Cl)cc1)c1ccccc1N(c1ccccc1)c1ccccc1. The molecule has 0 aliphatic heterocycles. The minimum Gasteiger partial charge on any atom is -0.308 e. The van der Waals surface area contributed by atoms with E-state index >= 15 is 0 Å². The van der Waals surface area contributed by atoms with E-state index in [1.807, 2.05) is 83.8 Å². The van der Waals surface area contributed by atoms with E-state index in [4.69, 9.17) is 23.2 Å². The first-order valence-electron chi connectivity index (χ1n) is 11.9. The van der Waals surface area contributed by atoms with E-state index < -0.39 is 11.8 Å². The maximum atomic E-state index is 14.0. The zero-order valence-corrected chi connectivity index (χ0v) is 21.7. The molecular weight excluding hydrogens is 515 g/mol. The van der Waals surface area contributed by atoms with Crippen molar-refractivity contribution in [1.82, 2.24) is 0 Å². The number of rotatable bonds is 6. The summed E-state index contributed by atoms with van der Waals surface area (Å²) in [5.74, 6) is -0.953. The van der Waals surface area contributed by atoms with Crippen LogP contribution < -0.4 is 9.80 Å². The lowest BCUT2D eigenvalue weighted by atomic mass is 10.1. The molecule has 5 rings (SSSR count). The number of nitrogens with zero attached hydrogens (tertiary/aromatic N) is 2. The largest absolute Gasteiger partial charge is 0.308 e. The van der Waals surface area contributed by atoms with Crippen molar-refractivity contribution < 1.29 is 9.59 Å². The van der Waals surface area contributed by atoms with Gasteiger partial charge in [0.2, 0.25) is 0 Å². The first-order valence-corrected chi connectivity index (χ1v) is 12.7. The lowest BCUT2D eigenvalue weighted by Crippen LogP contribution is -2.38. The van der Waals surface area contributed by atoms with Crippen LogP contribution in [0.3, 0.4) is 0 Å². The number of hydrogen-bond donors (Lipinski definition) is 0. The molecule has 0 aliphatic carbocycles. The molecule has 186 valence electrons. The molecule has 0 fully saturated rings. The van der Waals surface area contributed by atoms with E-state index in [0.29, 0.717) is 32.5 Å². The van der Waals surface area contributed by atoms with Crippen molar-refractivity contribution in [2.75, 3.05) is 9.80 Å². The van der Waals surface area contributed by atoms with Gasteiger partial charge in [0.15, 0.2) is 0 Å². The van der Waals surface area contributed by atoms with Gasteiger partial charge in [0.05, 0.1) is 11.4 Å². The quantitative estimate of drug-likeness (QED) is 0.203. The van der Waals surface area contributed by atoms with Crippen LogP contribution in [-0.4, -0.2) is 11.8 Å². The van der Waals surface area contributed by atoms with Crippen molar-refractivity contribution in [3.63, 3.8) is 0 Å². The number of carbonyl (C=O) groups is 2. The van der Waals surface area contributed by atoms with Crippen LogP contribution in [0.15, 0.2) is 133 Å². The molecule has 0 radical (unpaired) electrons. The summed E-state index contributed by atoms with van der Waals surface area (Å²) in [4.78, 5) is 31.2. The van der Waals surface area contributed by atoms with Crippen molar-refractivity contribution in [2.45, 2.75) is 0 Å². The van der Waals surface area contributed by atoms with Gasteiger partial charge >= 0.3 is 0 Å². The van der Waals surface area contributed by atoms with Gasteiger partial charge in [-0.2, -0.15) is 0 Å². The van der Waals surface area contributed by atoms with Crippen LogP contribution in [0.4, 0.5) is 22.7 Å². The number of benzene rings is 5. The molecule has 5 aromatic carbocycles. The highest BCUT2D eigenvalue weighted by Crippen LogP contribution is 2.41. The van der Waals surface area contributed by atoms with Gasteiger partial charge < -0.3 is 4.90 Å². The predicted molar refractivity (Wildman–Crippen MR) is 155 cm³/mol. The molecule has 2 amide bonds. The summed E-state index contributed by atoms with van der Waals surface area (Å²) in [5, 5.41) is 0.994. The minimum absolute atomic E-state index is 0.331. The normalized spacial score (nSPS) is 10.6. The number of anilines is 4. The van der Waals surface area contributed by atoms with Crippen LogP contribution in [0.2, 0.25) is 10.0 Å². The first kappa shape index (κ1) is 25.3. The average Bonchev–Trinajstić information content (AvgIpc) is 2.96. The third-order valence-corrected chi connectivity index (χ3v) is 6.48. The van der Waals surface area contributed by atoms with Crippen molar-refractivity contribution in [3.05, 3.63) is 155 Å². The lowest BCUT2D eigenvalue weighted by molar-refractivity contribution is 0.0897. The second kappa shape index (κ2) is 11.3. The molecule has 0 saturated carbocycles. The highest BCUT2D eigenvalue weighted by atomic mass is 35.5. The molecule has 0 aromatic heterocycles. The zero-order valence-electron chi connectivity index (χ0n) is 20.2. The van der Waals surface area contributed by atoms with Gasteiger partial charge in [-0.1, -0.05) is 71.7 Å². The van der Waals surface area contributed by atoms with Gasteiger partial charge in [-0.25, -0.2) is 4.90 Å². The number of amides is 2. The van der Waals surface area contributed by atoms with Crippen LogP contribution in [0.25, 0.3) is 0 Å². The fourth-order valence-corrected chi connectivity index (χ4v) is 4.43. The van der Waals surface area contributed by atoms with Gasteiger partial charge in [0.1, 0.15) is 0 Å². The van der Waals surface area contributed by atoms with Gasteiger partial charge in [-0.05, 0) is 84.9 Å². The standard InChI is InChI=1S/C32H22Cl2N2O2/c33-25-19-15-23(16-20-25)31(37)36(32(38)24-17-21-26(34)22-18-24)30-14-8-7-13-29(30)35(27-9-3-1-4-10-27)28-11-5-2-6-12-28/h1-22H. The fourth-order valence-electron chi connectivity index (χ4n) is 4.18. The molecule has 0 bridgehead atoms. The van der Waals surface area contributed by atoms with Crippen molar-refractivity contribution in [3.8, 4) is 0 Å². The molecule has 38 heavy (non-hydrogen) atoms. The maximum absolute atomic E-state index is 14.0. The molecule has 0 heterocycles. The molecule has 4 nitrogen and oxygen atoms in total. The lowest BCUT2D eigenvalue weighted by Gasteiger charge is -2.31. The molecule has 6 heteroatoms. The van der Waals surface area contributed by atoms with Crippen LogP contribution >= 0.6 is 23.2 Å². The summed E-state index contributed by atoms with van der Waals surface area (Å²) in [6.07, 6.45) is 0. The summed E-state index contributed by atoms with van der Waals surface area (Å²) < 4.78 is 0. The Bertz CT molecular complexity index is 1460. The highest BCUT2D eigenvalue weighted by Gasteiger charge is 2.30. The third kappa shape index (κ3) is 5.32. The summed E-state index contributed by atoms with van der Waals surface area (Å²) in [6, 6.07) is 39.9. The monoisotopic (exact) mass is 536 g/mol. The Kier molecular flexibility index (Phi) is 7.55. The van der Waals surface area contributed by atoms with Crippen LogP contribution in [0.5, 0.6) is 0 Å². The van der Waals surface area contributed by atoms with E-state index in [1.165, 1.54) is 4.90 Å². The third-order valence-electron chi connectivity index (χ3n) is 5.98. The second-order valence-corrected chi connectivity index (χ2v) is 9.33. The fraction of sp³-hybridized carbons (Fsp3) is 0. The molecule has 0 unspecified atom stereocenters. The van der Waals surface area contributed by atoms with Crippen molar-refractivity contribution >= 4 is 57.8 Å². The summed E-state index contributed by atoms with van der Waals surface area (Å²) in [5.41, 5.74) is 3.51. The molecule has 0 spiro atoms. The van der Waals surface area contributed by atoms with Crippen LogP contribution in [0.1, 0.15) is 20.7 Å². The molecular formula is C32H22Cl2N2O2. The molecule has 0 N–H and O–H groups in total. The average molecular weight is 537 g/mol. The van der Waals surface area contributed by atoms with Gasteiger partial charge in [-0.3, -0.25) is 9.59 Å². The molecule has 0 aliphatic rings.